The summed E-state index contributed by atoms with van der Waals surface area (Å²) < 4.78 is 43.6. The number of aliphatic hydroxyl groups is 1. The van der Waals surface area contributed by atoms with E-state index in [0.717, 1.165) is 49.6 Å². The molecular formula is C28H30F3N3O5. The number of halogens is 3. The largest absolute Gasteiger partial charge is 0.573 e. The van der Waals surface area contributed by atoms with Crippen LogP contribution in [0, 0.1) is 0 Å². The molecule has 0 bridgehead atoms. The number of benzene rings is 2. The molecule has 1 saturated carbocycles. The lowest BCUT2D eigenvalue weighted by molar-refractivity contribution is -0.274. The molecule has 208 valence electrons. The van der Waals surface area contributed by atoms with E-state index in [1.54, 1.807) is 36.4 Å². The Morgan fingerprint density at radius 1 is 1.05 bits per heavy atom. The van der Waals surface area contributed by atoms with E-state index in [1.807, 2.05) is 10.7 Å². The first-order valence-corrected chi connectivity index (χ1v) is 12.7. The van der Waals surface area contributed by atoms with Crippen molar-refractivity contribution in [3.63, 3.8) is 0 Å². The first-order valence-electron chi connectivity index (χ1n) is 12.7. The zero-order valence-corrected chi connectivity index (χ0v) is 21.4. The van der Waals surface area contributed by atoms with Gasteiger partial charge in [-0.25, -0.2) is 4.79 Å². The van der Waals surface area contributed by atoms with E-state index in [-0.39, 0.29) is 5.75 Å². The van der Waals surface area contributed by atoms with E-state index in [2.05, 4.69) is 10.1 Å². The maximum atomic E-state index is 12.6. The summed E-state index contributed by atoms with van der Waals surface area (Å²) in [5, 5.41) is 26.1. The standard InChI is InChI=1S/C28H30F3N3O5/c1-27(38,26(36)37)17-32-25(35)21-9-7-18(8-10-21)16-34-24(15-23(33-34)19-5-3-2-4-6-19)20-11-13-22(14-12-20)39-28(29,30)31/h7-15,19,38H,2-6,16-17H2,1H3,(H,32,35)(H,36,37)/t27-/m1/s1. The zero-order valence-electron chi connectivity index (χ0n) is 21.4. The zero-order chi connectivity index (χ0) is 28.2. The van der Waals surface area contributed by atoms with Crippen molar-refractivity contribution < 1.29 is 37.7 Å². The number of carboxylic acid groups (broad SMARTS) is 1. The molecule has 3 N–H and O–H groups in total. The van der Waals surface area contributed by atoms with Crippen molar-refractivity contribution in [3.05, 3.63) is 71.4 Å². The number of rotatable bonds is 9. The van der Waals surface area contributed by atoms with E-state index < -0.39 is 30.4 Å². The number of amides is 1. The normalized spacial score (nSPS) is 15.9. The topological polar surface area (TPSA) is 114 Å². The van der Waals surface area contributed by atoms with Crippen molar-refractivity contribution in [1.29, 1.82) is 0 Å². The first kappa shape index (κ1) is 28.2. The van der Waals surface area contributed by atoms with Crippen LogP contribution in [0.25, 0.3) is 11.3 Å². The minimum Gasteiger partial charge on any atom is -0.479 e. The molecule has 1 aliphatic rings. The fourth-order valence-corrected chi connectivity index (χ4v) is 4.58. The van der Waals surface area contributed by atoms with Gasteiger partial charge in [-0.15, -0.1) is 13.2 Å². The lowest BCUT2D eigenvalue weighted by atomic mass is 9.87. The highest BCUT2D eigenvalue weighted by Crippen LogP contribution is 2.35. The summed E-state index contributed by atoms with van der Waals surface area (Å²) >= 11 is 0. The van der Waals surface area contributed by atoms with Crippen molar-refractivity contribution in [2.75, 3.05) is 6.54 Å². The number of carbonyl (C=O) groups is 2. The molecular weight excluding hydrogens is 515 g/mol. The average molecular weight is 546 g/mol. The van der Waals surface area contributed by atoms with Crippen LogP contribution in [0.4, 0.5) is 13.2 Å². The molecule has 1 fully saturated rings. The molecule has 1 aliphatic carbocycles. The highest BCUT2D eigenvalue weighted by atomic mass is 19.4. The molecule has 0 radical (unpaired) electrons. The third-order valence-electron chi connectivity index (χ3n) is 6.81. The Kier molecular flexibility index (Phi) is 8.29. The molecule has 1 atom stereocenters. The molecule has 0 saturated heterocycles. The molecule has 4 rings (SSSR count). The van der Waals surface area contributed by atoms with E-state index in [9.17, 15) is 27.9 Å². The number of aromatic nitrogens is 2. The van der Waals surface area contributed by atoms with Crippen molar-refractivity contribution >= 4 is 11.9 Å². The van der Waals surface area contributed by atoms with Crippen LogP contribution in [0.2, 0.25) is 0 Å². The molecule has 0 aliphatic heterocycles. The molecule has 1 aromatic heterocycles. The first-order chi connectivity index (χ1) is 18.4. The predicted molar refractivity (Wildman–Crippen MR) is 136 cm³/mol. The highest BCUT2D eigenvalue weighted by molar-refractivity contribution is 5.94. The summed E-state index contributed by atoms with van der Waals surface area (Å²) in [7, 11) is 0. The lowest BCUT2D eigenvalue weighted by Crippen LogP contribution is -2.46. The Balaban J connectivity index is 1.54. The molecule has 8 nitrogen and oxygen atoms in total. The Hall–Kier alpha value is -3.86. The van der Waals surface area contributed by atoms with Gasteiger partial charge in [-0.05, 0) is 67.8 Å². The Labute approximate surface area is 223 Å². The second-order valence-corrected chi connectivity index (χ2v) is 9.98. The van der Waals surface area contributed by atoms with Gasteiger partial charge in [-0.3, -0.25) is 9.48 Å². The summed E-state index contributed by atoms with van der Waals surface area (Å²) in [5.41, 5.74) is 1.44. The Morgan fingerprint density at radius 3 is 2.28 bits per heavy atom. The molecule has 2 aromatic carbocycles. The minimum absolute atomic E-state index is 0.295. The van der Waals surface area contributed by atoms with Crippen LogP contribution in [0.3, 0.4) is 0 Å². The highest BCUT2D eigenvalue weighted by Gasteiger charge is 2.31. The fourth-order valence-electron chi connectivity index (χ4n) is 4.58. The van der Waals surface area contributed by atoms with E-state index in [1.165, 1.54) is 18.6 Å². The smallest absolute Gasteiger partial charge is 0.479 e. The van der Waals surface area contributed by atoms with Gasteiger partial charge in [0.15, 0.2) is 5.60 Å². The monoisotopic (exact) mass is 545 g/mol. The quantitative estimate of drug-likeness (QED) is 0.344. The van der Waals surface area contributed by atoms with Crippen molar-refractivity contribution in [1.82, 2.24) is 15.1 Å². The second kappa shape index (κ2) is 11.5. The van der Waals surface area contributed by atoms with Crippen LogP contribution in [0.1, 0.15) is 66.6 Å². The van der Waals surface area contributed by atoms with E-state index in [0.29, 0.717) is 23.6 Å². The minimum atomic E-state index is -4.77. The summed E-state index contributed by atoms with van der Waals surface area (Å²) in [5.74, 6) is -1.95. The van der Waals surface area contributed by atoms with Crippen LogP contribution in [-0.2, 0) is 11.3 Å². The number of carboxylic acids is 1. The molecule has 1 amide bonds. The van der Waals surface area contributed by atoms with Crippen LogP contribution in [-0.4, -0.2) is 50.4 Å². The number of nitrogens with zero attached hydrogens (tertiary/aromatic N) is 2. The van der Waals surface area contributed by atoms with E-state index >= 15 is 0 Å². The SMILES string of the molecule is C[C@@](O)(CNC(=O)c1ccc(Cn2nc(C3CCCCC3)cc2-c2ccc(OC(F)(F)F)cc2)cc1)C(=O)O. The molecule has 1 heterocycles. The number of aliphatic carboxylic acids is 1. The van der Waals surface area contributed by atoms with Gasteiger partial charge in [-0.1, -0.05) is 31.4 Å². The van der Waals surface area contributed by atoms with Crippen LogP contribution >= 0.6 is 0 Å². The van der Waals surface area contributed by atoms with Gasteiger partial charge in [0, 0.05) is 17.0 Å². The molecule has 11 heteroatoms. The summed E-state index contributed by atoms with van der Waals surface area (Å²) in [6, 6.07) is 14.4. The van der Waals surface area contributed by atoms with Gasteiger partial charge < -0.3 is 20.3 Å². The average Bonchev–Trinajstić information content (AvgIpc) is 3.31. The number of nitrogens with one attached hydrogen (secondary N) is 1. The van der Waals surface area contributed by atoms with E-state index in [4.69, 9.17) is 10.2 Å². The number of ether oxygens (including phenoxy) is 1. The van der Waals surface area contributed by atoms with Gasteiger partial charge in [-0.2, -0.15) is 5.10 Å². The van der Waals surface area contributed by atoms with Crippen molar-refractivity contribution in [2.24, 2.45) is 0 Å². The lowest BCUT2D eigenvalue weighted by Gasteiger charge is -2.19. The number of carbonyl (C=O) groups excluding carboxylic acids is 1. The summed E-state index contributed by atoms with van der Waals surface area (Å²) in [6.07, 6.45) is 0.747. The van der Waals surface area contributed by atoms with Gasteiger partial charge >= 0.3 is 12.3 Å². The number of hydrogen-bond acceptors (Lipinski definition) is 5. The van der Waals surface area contributed by atoms with Crippen LogP contribution in [0.15, 0.2) is 54.6 Å². The molecule has 0 spiro atoms. The molecule has 3 aromatic rings. The third-order valence-corrected chi connectivity index (χ3v) is 6.81. The number of hydrogen-bond donors (Lipinski definition) is 3. The van der Waals surface area contributed by atoms with Gasteiger partial charge in [0.2, 0.25) is 0 Å². The summed E-state index contributed by atoms with van der Waals surface area (Å²) in [4.78, 5) is 23.4. The van der Waals surface area contributed by atoms with Gasteiger partial charge in [0.1, 0.15) is 5.75 Å². The molecule has 0 unspecified atom stereocenters. The van der Waals surface area contributed by atoms with Crippen molar-refractivity contribution in [3.8, 4) is 17.0 Å². The third kappa shape index (κ3) is 7.38. The second-order valence-electron chi connectivity index (χ2n) is 9.98. The van der Waals surface area contributed by atoms with Crippen LogP contribution in [0.5, 0.6) is 5.75 Å². The Morgan fingerprint density at radius 2 is 1.69 bits per heavy atom. The maximum absolute atomic E-state index is 12.6. The van der Waals surface area contributed by atoms with Gasteiger partial charge in [0.05, 0.1) is 24.5 Å². The fraction of sp³-hybridized carbons (Fsp3) is 0.393. The van der Waals surface area contributed by atoms with Gasteiger partial charge in [0.25, 0.3) is 5.91 Å². The summed E-state index contributed by atoms with van der Waals surface area (Å²) in [6.45, 7) is 1.01. The molecule has 39 heavy (non-hydrogen) atoms. The maximum Gasteiger partial charge on any atom is 0.573 e. The van der Waals surface area contributed by atoms with Crippen LogP contribution < -0.4 is 10.1 Å². The Bertz CT molecular complexity index is 1300. The predicted octanol–water partition coefficient (Wildman–Crippen LogP) is 5.11. The number of alkyl halides is 3. The van der Waals surface area contributed by atoms with Crippen molar-refractivity contribution in [2.45, 2.75) is 63.5 Å².